The van der Waals surface area contributed by atoms with E-state index in [4.69, 9.17) is 0 Å². The molecule has 1 amide bonds. The third-order valence-corrected chi connectivity index (χ3v) is 4.38. The molecule has 0 saturated carbocycles. The van der Waals surface area contributed by atoms with E-state index in [2.05, 4.69) is 21.2 Å². The number of carbonyl (C=O) groups excluding carboxylic acids is 1. The molecule has 1 N–H and O–H groups in total. The fraction of sp³-hybridized carbons (Fsp3) is 0.0476. The lowest BCUT2D eigenvalue weighted by atomic mass is 10.2. The lowest BCUT2D eigenvalue weighted by Crippen LogP contribution is -2.13. The Bertz CT molecular complexity index is 993. The normalized spacial score (nSPS) is 11.0. The van der Waals surface area contributed by atoms with E-state index in [1.165, 1.54) is 0 Å². The molecule has 2 aromatic carbocycles. The van der Waals surface area contributed by atoms with E-state index in [9.17, 15) is 10.1 Å². The van der Waals surface area contributed by atoms with Crippen molar-refractivity contribution >= 4 is 33.6 Å². The summed E-state index contributed by atoms with van der Waals surface area (Å²) in [5.41, 5.74) is 3.50. The summed E-state index contributed by atoms with van der Waals surface area (Å²) in [4.78, 5) is 12.4. The molecule has 1 aromatic heterocycles. The Labute approximate surface area is 160 Å². The minimum atomic E-state index is -0.431. The van der Waals surface area contributed by atoms with Gasteiger partial charge in [-0.25, -0.2) is 0 Å². The summed E-state index contributed by atoms with van der Waals surface area (Å²) in [6.45, 7) is 1.97. The topological polar surface area (TPSA) is 57.8 Å². The molecule has 26 heavy (non-hydrogen) atoms. The Hall–Kier alpha value is -3.10. The number of nitrogens with zero attached hydrogens (tertiary/aromatic N) is 2. The molecule has 0 aliphatic heterocycles. The number of hydrogen-bond acceptors (Lipinski definition) is 2. The van der Waals surface area contributed by atoms with Crippen LogP contribution in [0, 0.1) is 18.3 Å². The number of anilines is 1. The molecular formula is C21H16BrN3O. The van der Waals surface area contributed by atoms with Crippen LogP contribution in [0.2, 0.25) is 0 Å². The van der Waals surface area contributed by atoms with Gasteiger partial charge in [0.25, 0.3) is 5.91 Å². The van der Waals surface area contributed by atoms with E-state index in [1.807, 2.05) is 84.4 Å². The monoisotopic (exact) mass is 405 g/mol. The molecular weight excluding hydrogens is 390 g/mol. The van der Waals surface area contributed by atoms with Crippen LogP contribution < -0.4 is 5.32 Å². The first-order valence-corrected chi connectivity index (χ1v) is 8.79. The molecule has 1 heterocycles. The Morgan fingerprint density at radius 1 is 1.12 bits per heavy atom. The van der Waals surface area contributed by atoms with Gasteiger partial charge in [-0.05, 0) is 61.5 Å². The molecule has 0 spiro atoms. The minimum Gasteiger partial charge on any atom is -0.321 e. The maximum Gasteiger partial charge on any atom is 0.266 e. The molecule has 0 radical (unpaired) electrons. The van der Waals surface area contributed by atoms with E-state index in [0.717, 1.165) is 21.4 Å². The van der Waals surface area contributed by atoms with Gasteiger partial charge in [0.1, 0.15) is 11.6 Å². The first-order chi connectivity index (χ1) is 12.6. The summed E-state index contributed by atoms with van der Waals surface area (Å²) >= 11 is 3.42. The van der Waals surface area contributed by atoms with Crippen LogP contribution in [-0.2, 0) is 4.79 Å². The van der Waals surface area contributed by atoms with E-state index in [1.54, 1.807) is 6.08 Å². The maximum atomic E-state index is 12.4. The van der Waals surface area contributed by atoms with Crippen LogP contribution in [0.15, 0.2) is 76.9 Å². The van der Waals surface area contributed by atoms with Crippen molar-refractivity contribution in [2.75, 3.05) is 5.32 Å². The smallest absolute Gasteiger partial charge is 0.266 e. The quantitative estimate of drug-likeness (QED) is 0.485. The summed E-state index contributed by atoms with van der Waals surface area (Å²) in [6, 6.07) is 21.0. The van der Waals surface area contributed by atoms with Crippen LogP contribution >= 0.6 is 15.9 Å². The minimum absolute atomic E-state index is 0.0441. The van der Waals surface area contributed by atoms with Crippen molar-refractivity contribution in [2.24, 2.45) is 0 Å². The Morgan fingerprint density at radius 2 is 1.81 bits per heavy atom. The van der Waals surface area contributed by atoms with Crippen LogP contribution in [0.1, 0.15) is 11.3 Å². The summed E-state index contributed by atoms with van der Waals surface area (Å²) in [5, 5.41) is 12.2. The van der Waals surface area contributed by atoms with Crippen LogP contribution in [0.25, 0.3) is 11.8 Å². The third-order valence-electron chi connectivity index (χ3n) is 3.85. The summed E-state index contributed by atoms with van der Waals surface area (Å²) in [6.07, 6.45) is 3.48. The summed E-state index contributed by atoms with van der Waals surface area (Å²) < 4.78 is 2.91. The lowest BCUT2D eigenvalue weighted by molar-refractivity contribution is -0.112. The molecule has 0 unspecified atom stereocenters. The molecule has 0 aliphatic rings. The second-order valence-corrected chi connectivity index (χ2v) is 6.69. The molecule has 3 rings (SSSR count). The van der Waals surface area contributed by atoms with E-state index in [0.29, 0.717) is 5.69 Å². The highest BCUT2D eigenvalue weighted by Crippen LogP contribution is 2.19. The first-order valence-electron chi connectivity index (χ1n) is 8.00. The zero-order chi connectivity index (χ0) is 18.5. The van der Waals surface area contributed by atoms with Crippen LogP contribution in [0.5, 0.6) is 0 Å². The molecule has 0 atom stereocenters. The van der Waals surface area contributed by atoms with Gasteiger partial charge in [0.05, 0.1) is 0 Å². The fourth-order valence-corrected chi connectivity index (χ4v) is 2.74. The number of amides is 1. The number of aryl methyl sites for hydroxylation is 1. The van der Waals surface area contributed by atoms with Crippen molar-refractivity contribution in [2.45, 2.75) is 6.92 Å². The second kappa shape index (κ2) is 7.85. The van der Waals surface area contributed by atoms with Crippen molar-refractivity contribution in [1.29, 1.82) is 5.26 Å². The van der Waals surface area contributed by atoms with Crippen molar-refractivity contribution in [3.05, 3.63) is 88.2 Å². The number of nitriles is 1. The fourth-order valence-electron chi connectivity index (χ4n) is 2.48. The average molecular weight is 406 g/mol. The zero-order valence-corrected chi connectivity index (χ0v) is 15.7. The second-order valence-electron chi connectivity index (χ2n) is 5.77. The molecule has 4 nitrogen and oxygen atoms in total. The van der Waals surface area contributed by atoms with Crippen LogP contribution in [0.4, 0.5) is 5.69 Å². The number of benzene rings is 2. The van der Waals surface area contributed by atoms with Crippen molar-refractivity contribution in [3.63, 3.8) is 0 Å². The molecule has 0 saturated heterocycles. The van der Waals surface area contributed by atoms with Gasteiger partial charge < -0.3 is 9.88 Å². The van der Waals surface area contributed by atoms with E-state index in [-0.39, 0.29) is 5.57 Å². The van der Waals surface area contributed by atoms with Gasteiger partial charge in [0.15, 0.2) is 0 Å². The molecule has 0 fully saturated rings. The van der Waals surface area contributed by atoms with Gasteiger partial charge in [-0.15, -0.1) is 0 Å². The number of rotatable bonds is 4. The van der Waals surface area contributed by atoms with Crippen LogP contribution in [-0.4, -0.2) is 10.5 Å². The number of carbonyl (C=O) groups is 1. The van der Waals surface area contributed by atoms with Gasteiger partial charge in [0, 0.05) is 27.7 Å². The van der Waals surface area contributed by atoms with Crippen molar-refractivity contribution in [3.8, 4) is 11.8 Å². The highest BCUT2D eigenvalue weighted by molar-refractivity contribution is 9.10. The summed E-state index contributed by atoms with van der Waals surface area (Å²) in [7, 11) is 0. The highest BCUT2D eigenvalue weighted by atomic mass is 79.9. The number of hydrogen-bond donors (Lipinski definition) is 1. The molecule has 0 bridgehead atoms. The first kappa shape index (κ1) is 17.7. The van der Waals surface area contributed by atoms with Crippen molar-refractivity contribution in [1.82, 2.24) is 4.57 Å². The number of halogens is 1. The van der Waals surface area contributed by atoms with Gasteiger partial charge >= 0.3 is 0 Å². The van der Waals surface area contributed by atoms with Gasteiger partial charge in [-0.1, -0.05) is 33.6 Å². The predicted molar refractivity (Wildman–Crippen MR) is 107 cm³/mol. The van der Waals surface area contributed by atoms with E-state index < -0.39 is 5.91 Å². The SMILES string of the molecule is Cc1ccc(NC(=O)/C(C#N)=C\c2cccn2-c2ccc(Br)cc2)cc1. The Kier molecular flexibility index (Phi) is 5.35. The third kappa shape index (κ3) is 4.11. The van der Waals surface area contributed by atoms with Gasteiger partial charge in [-0.2, -0.15) is 5.26 Å². The maximum absolute atomic E-state index is 12.4. The largest absolute Gasteiger partial charge is 0.321 e. The van der Waals surface area contributed by atoms with Gasteiger partial charge in [0.2, 0.25) is 0 Å². The standard InChI is InChI=1S/C21H16BrN3O/c1-15-4-8-18(9-5-15)24-21(26)16(14-23)13-20-3-2-12-25(20)19-10-6-17(22)7-11-19/h2-13H,1H3,(H,24,26)/b16-13-. The molecule has 5 heteroatoms. The highest BCUT2D eigenvalue weighted by Gasteiger charge is 2.11. The average Bonchev–Trinajstić information content (AvgIpc) is 3.10. The number of aromatic nitrogens is 1. The van der Waals surface area contributed by atoms with Crippen LogP contribution in [0.3, 0.4) is 0 Å². The summed E-state index contributed by atoms with van der Waals surface area (Å²) in [5.74, 6) is -0.431. The molecule has 0 aliphatic carbocycles. The van der Waals surface area contributed by atoms with Crippen molar-refractivity contribution < 1.29 is 4.79 Å². The predicted octanol–water partition coefficient (Wildman–Crippen LogP) is 5.09. The Morgan fingerprint density at radius 3 is 2.46 bits per heavy atom. The number of nitrogens with one attached hydrogen (secondary N) is 1. The zero-order valence-electron chi connectivity index (χ0n) is 14.1. The molecule has 3 aromatic rings. The molecule has 128 valence electrons. The van der Waals surface area contributed by atoms with E-state index >= 15 is 0 Å². The lowest BCUT2D eigenvalue weighted by Gasteiger charge is -2.08. The van der Waals surface area contributed by atoms with Gasteiger partial charge in [-0.3, -0.25) is 4.79 Å². The Balaban J connectivity index is 1.87.